The van der Waals surface area contributed by atoms with E-state index < -0.39 is 0 Å². The standard InChI is InChI=1S/C23H30N6O2/c1-3-4-13-24-23-25-14-20-21(16-5-9-18(10-6-16)26-15(2)30)27-22(29(20)28-23)17-7-11-19(31)12-8-17/h5-6,9-10,14,17,19,31H,3-4,7-8,11-13H2,1-2H3,(H,24,28)(H,26,30). The van der Waals surface area contributed by atoms with Crippen molar-refractivity contribution in [2.24, 2.45) is 0 Å². The molecule has 0 unspecified atom stereocenters. The molecule has 3 aromatic rings. The van der Waals surface area contributed by atoms with Crippen LogP contribution in [0.25, 0.3) is 16.8 Å². The average molecular weight is 423 g/mol. The van der Waals surface area contributed by atoms with Gasteiger partial charge in [0, 0.05) is 30.6 Å². The maximum atomic E-state index is 11.3. The average Bonchev–Trinajstić information content (AvgIpc) is 3.13. The molecule has 0 saturated heterocycles. The largest absolute Gasteiger partial charge is 0.393 e. The summed E-state index contributed by atoms with van der Waals surface area (Å²) in [6, 6.07) is 7.66. The number of hydrogen-bond acceptors (Lipinski definition) is 6. The van der Waals surface area contributed by atoms with Gasteiger partial charge in [0.1, 0.15) is 11.3 Å². The fourth-order valence-electron chi connectivity index (χ4n) is 4.09. The van der Waals surface area contributed by atoms with Crippen LogP contribution in [0.5, 0.6) is 0 Å². The third-order valence-corrected chi connectivity index (χ3v) is 5.77. The minimum atomic E-state index is -0.218. The molecule has 0 atom stereocenters. The third kappa shape index (κ3) is 4.85. The number of rotatable bonds is 7. The zero-order valence-electron chi connectivity index (χ0n) is 18.1. The number of unbranched alkanes of at least 4 members (excludes halogenated alkanes) is 1. The van der Waals surface area contributed by atoms with Gasteiger partial charge in [-0.05, 0) is 44.2 Å². The minimum Gasteiger partial charge on any atom is -0.393 e. The maximum Gasteiger partial charge on any atom is 0.241 e. The number of aliphatic hydroxyl groups is 1. The summed E-state index contributed by atoms with van der Waals surface area (Å²) in [5.41, 5.74) is 3.38. The highest BCUT2D eigenvalue weighted by Crippen LogP contribution is 2.35. The van der Waals surface area contributed by atoms with Gasteiger partial charge >= 0.3 is 0 Å². The highest BCUT2D eigenvalue weighted by Gasteiger charge is 2.27. The number of amides is 1. The van der Waals surface area contributed by atoms with E-state index in [-0.39, 0.29) is 17.9 Å². The summed E-state index contributed by atoms with van der Waals surface area (Å²) in [7, 11) is 0. The van der Waals surface area contributed by atoms with Gasteiger partial charge in [-0.2, -0.15) is 0 Å². The van der Waals surface area contributed by atoms with E-state index in [4.69, 9.17) is 10.1 Å². The van der Waals surface area contributed by atoms with Crippen LogP contribution >= 0.6 is 0 Å². The van der Waals surface area contributed by atoms with Crippen LogP contribution < -0.4 is 10.6 Å². The quantitative estimate of drug-likeness (QED) is 0.498. The summed E-state index contributed by atoms with van der Waals surface area (Å²) in [5.74, 6) is 1.67. The number of aromatic nitrogens is 4. The van der Waals surface area contributed by atoms with Crippen molar-refractivity contribution in [3.8, 4) is 11.3 Å². The summed E-state index contributed by atoms with van der Waals surface area (Å²) in [4.78, 5) is 20.8. The summed E-state index contributed by atoms with van der Waals surface area (Å²) < 4.78 is 1.92. The number of hydrogen-bond donors (Lipinski definition) is 3. The minimum absolute atomic E-state index is 0.0986. The lowest BCUT2D eigenvalue weighted by Crippen LogP contribution is -2.19. The second-order valence-corrected chi connectivity index (χ2v) is 8.24. The van der Waals surface area contributed by atoms with E-state index in [1.807, 2.05) is 35.0 Å². The Morgan fingerprint density at radius 2 is 1.94 bits per heavy atom. The normalized spacial score (nSPS) is 18.8. The molecular formula is C23H30N6O2. The van der Waals surface area contributed by atoms with E-state index in [0.29, 0.717) is 5.95 Å². The summed E-state index contributed by atoms with van der Waals surface area (Å²) >= 11 is 0. The highest BCUT2D eigenvalue weighted by atomic mass is 16.3. The summed E-state index contributed by atoms with van der Waals surface area (Å²) in [6.07, 6.45) is 7.13. The summed E-state index contributed by atoms with van der Waals surface area (Å²) in [5, 5.41) is 20.8. The molecule has 2 aromatic heterocycles. The van der Waals surface area contributed by atoms with Gasteiger partial charge in [0.15, 0.2) is 0 Å². The lowest BCUT2D eigenvalue weighted by atomic mass is 9.87. The first-order valence-corrected chi connectivity index (χ1v) is 11.1. The van der Waals surface area contributed by atoms with Crippen LogP contribution in [-0.4, -0.2) is 43.2 Å². The SMILES string of the molecule is CCCCNc1ncc2c(-c3ccc(NC(C)=O)cc3)nc(C3CCC(O)CC3)n2n1. The Labute approximate surface area is 182 Å². The van der Waals surface area contributed by atoms with Crippen LogP contribution in [0.3, 0.4) is 0 Å². The van der Waals surface area contributed by atoms with Crippen LogP contribution in [-0.2, 0) is 4.79 Å². The summed E-state index contributed by atoms with van der Waals surface area (Å²) in [6.45, 7) is 4.48. The van der Waals surface area contributed by atoms with Crippen LogP contribution in [0.15, 0.2) is 30.5 Å². The molecule has 1 aliphatic rings. The van der Waals surface area contributed by atoms with E-state index in [1.165, 1.54) is 6.92 Å². The predicted octanol–water partition coefficient (Wildman–Crippen LogP) is 3.98. The van der Waals surface area contributed by atoms with Crippen molar-refractivity contribution in [3.05, 3.63) is 36.3 Å². The first-order chi connectivity index (χ1) is 15.0. The molecule has 0 radical (unpaired) electrons. The fraction of sp³-hybridized carbons (Fsp3) is 0.478. The smallest absolute Gasteiger partial charge is 0.241 e. The van der Waals surface area contributed by atoms with Gasteiger partial charge in [-0.25, -0.2) is 14.5 Å². The second kappa shape index (κ2) is 9.43. The molecule has 8 nitrogen and oxygen atoms in total. The van der Waals surface area contributed by atoms with E-state index in [9.17, 15) is 9.90 Å². The molecule has 1 aliphatic carbocycles. The monoisotopic (exact) mass is 422 g/mol. The van der Waals surface area contributed by atoms with E-state index in [0.717, 1.165) is 73.4 Å². The number of benzene rings is 1. The van der Waals surface area contributed by atoms with Gasteiger partial charge in [0.25, 0.3) is 0 Å². The topological polar surface area (TPSA) is 104 Å². The van der Waals surface area contributed by atoms with Crippen molar-refractivity contribution in [1.29, 1.82) is 0 Å². The number of aliphatic hydroxyl groups excluding tert-OH is 1. The van der Waals surface area contributed by atoms with Crippen LogP contribution in [0.4, 0.5) is 11.6 Å². The Balaban J connectivity index is 1.72. The Bertz CT molecular complexity index is 1040. The number of fused-ring (bicyclic) bond motifs is 1. The Morgan fingerprint density at radius 3 is 2.61 bits per heavy atom. The van der Waals surface area contributed by atoms with E-state index >= 15 is 0 Å². The molecular weight excluding hydrogens is 392 g/mol. The Morgan fingerprint density at radius 1 is 1.19 bits per heavy atom. The lowest BCUT2D eigenvalue weighted by molar-refractivity contribution is -0.114. The molecule has 8 heteroatoms. The van der Waals surface area contributed by atoms with E-state index in [2.05, 4.69) is 22.5 Å². The predicted molar refractivity (Wildman–Crippen MR) is 121 cm³/mol. The van der Waals surface area contributed by atoms with E-state index in [1.54, 1.807) is 0 Å². The van der Waals surface area contributed by atoms with Gasteiger partial charge < -0.3 is 15.7 Å². The molecule has 2 heterocycles. The molecule has 1 amide bonds. The van der Waals surface area contributed by atoms with Gasteiger partial charge in [-0.3, -0.25) is 4.79 Å². The molecule has 0 bridgehead atoms. The molecule has 31 heavy (non-hydrogen) atoms. The molecule has 4 rings (SSSR count). The third-order valence-electron chi connectivity index (χ3n) is 5.77. The van der Waals surface area contributed by atoms with Crippen molar-refractivity contribution < 1.29 is 9.90 Å². The maximum absolute atomic E-state index is 11.3. The van der Waals surface area contributed by atoms with Crippen molar-refractivity contribution in [2.45, 2.75) is 64.4 Å². The lowest BCUT2D eigenvalue weighted by Gasteiger charge is -2.24. The second-order valence-electron chi connectivity index (χ2n) is 8.24. The van der Waals surface area contributed by atoms with Crippen molar-refractivity contribution in [2.75, 3.05) is 17.2 Å². The molecule has 3 N–H and O–H groups in total. The number of carbonyl (C=O) groups is 1. The van der Waals surface area contributed by atoms with Gasteiger partial charge in [0.05, 0.1) is 18.0 Å². The number of carbonyl (C=O) groups excluding carboxylic acids is 1. The Kier molecular flexibility index (Phi) is 6.46. The molecule has 1 saturated carbocycles. The number of nitrogens with zero attached hydrogens (tertiary/aromatic N) is 4. The number of anilines is 2. The highest BCUT2D eigenvalue weighted by molar-refractivity contribution is 5.89. The van der Waals surface area contributed by atoms with Crippen molar-refractivity contribution >= 4 is 23.1 Å². The molecule has 0 spiro atoms. The first-order valence-electron chi connectivity index (χ1n) is 11.1. The Hall–Kier alpha value is -3.00. The molecule has 0 aliphatic heterocycles. The fourth-order valence-corrected chi connectivity index (χ4v) is 4.09. The molecule has 164 valence electrons. The molecule has 1 aromatic carbocycles. The van der Waals surface area contributed by atoms with Crippen LogP contribution in [0.2, 0.25) is 0 Å². The van der Waals surface area contributed by atoms with Gasteiger partial charge in [-0.15, -0.1) is 5.10 Å². The molecule has 1 fully saturated rings. The van der Waals surface area contributed by atoms with Gasteiger partial charge in [0.2, 0.25) is 11.9 Å². The number of imidazole rings is 1. The zero-order valence-corrected chi connectivity index (χ0v) is 18.1. The van der Waals surface area contributed by atoms with Crippen LogP contribution in [0, 0.1) is 0 Å². The zero-order chi connectivity index (χ0) is 21.8. The number of nitrogens with one attached hydrogen (secondary N) is 2. The van der Waals surface area contributed by atoms with Crippen molar-refractivity contribution in [1.82, 2.24) is 19.6 Å². The van der Waals surface area contributed by atoms with Gasteiger partial charge in [-0.1, -0.05) is 25.5 Å². The van der Waals surface area contributed by atoms with Crippen LogP contribution in [0.1, 0.15) is 64.1 Å². The first kappa shape index (κ1) is 21.2. The van der Waals surface area contributed by atoms with Crippen molar-refractivity contribution in [3.63, 3.8) is 0 Å².